The molecule has 2 heterocycles. The lowest BCUT2D eigenvalue weighted by atomic mass is 10.0. The van der Waals surface area contributed by atoms with E-state index in [1.807, 2.05) is 51.1 Å². The second kappa shape index (κ2) is 10.1. The molecule has 1 fully saturated rings. The van der Waals surface area contributed by atoms with E-state index >= 15 is 0 Å². The number of aromatic nitrogens is 1. The van der Waals surface area contributed by atoms with Crippen molar-refractivity contribution in [2.75, 3.05) is 26.2 Å². The standard InChI is InChI=1S/C23H29ClN4O3/c1-23(2,3)31-22(30)28-12-11-27(20(15-28)18-7-9-25-10-8-18)16-21(29)26-14-17-5-4-6-19(24)13-17/h4-10,13,20H,11-12,14-16H2,1-3H3,(H,26,29)/t20-/m0/s1. The lowest BCUT2D eigenvalue weighted by molar-refractivity contribution is -0.123. The third-order valence-corrected chi connectivity index (χ3v) is 5.19. The Morgan fingerprint density at radius 3 is 2.61 bits per heavy atom. The number of benzene rings is 1. The predicted molar refractivity (Wildman–Crippen MR) is 120 cm³/mol. The number of hydrogen-bond donors (Lipinski definition) is 1. The van der Waals surface area contributed by atoms with E-state index in [0.717, 1.165) is 11.1 Å². The van der Waals surface area contributed by atoms with Crippen LogP contribution in [0.3, 0.4) is 0 Å². The normalized spacial score (nSPS) is 17.3. The molecule has 1 aliphatic heterocycles. The van der Waals surface area contributed by atoms with Crippen LogP contribution >= 0.6 is 11.6 Å². The lowest BCUT2D eigenvalue weighted by Gasteiger charge is -2.41. The van der Waals surface area contributed by atoms with Crippen LogP contribution in [0.4, 0.5) is 4.79 Å². The second-order valence-electron chi connectivity index (χ2n) is 8.60. The number of piperazine rings is 1. The van der Waals surface area contributed by atoms with Gasteiger partial charge in [-0.25, -0.2) is 4.79 Å². The largest absolute Gasteiger partial charge is 0.444 e. The monoisotopic (exact) mass is 444 g/mol. The van der Waals surface area contributed by atoms with E-state index < -0.39 is 5.60 Å². The molecule has 0 radical (unpaired) electrons. The van der Waals surface area contributed by atoms with E-state index in [-0.39, 0.29) is 24.6 Å². The minimum absolute atomic E-state index is 0.0789. The van der Waals surface area contributed by atoms with Crippen molar-refractivity contribution in [1.29, 1.82) is 0 Å². The molecule has 1 aliphatic rings. The summed E-state index contributed by atoms with van der Waals surface area (Å²) in [6.45, 7) is 7.71. The predicted octanol–water partition coefficient (Wildman–Crippen LogP) is 3.65. The Kier molecular flexibility index (Phi) is 7.51. The number of rotatable bonds is 5. The summed E-state index contributed by atoms with van der Waals surface area (Å²) in [6, 6.07) is 11.1. The lowest BCUT2D eigenvalue weighted by Crippen LogP contribution is -2.53. The van der Waals surface area contributed by atoms with Crippen molar-refractivity contribution in [1.82, 2.24) is 20.1 Å². The van der Waals surface area contributed by atoms with E-state index in [4.69, 9.17) is 16.3 Å². The van der Waals surface area contributed by atoms with Crippen LogP contribution in [0.15, 0.2) is 48.8 Å². The van der Waals surface area contributed by atoms with Crippen LogP contribution in [0.2, 0.25) is 5.02 Å². The summed E-state index contributed by atoms with van der Waals surface area (Å²) in [4.78, 5) is 33.1. The van der Waals surface area contributed by atoms with Gasteiger partial charge in [0.2, 0.25) is 5.91 Å². The number of nitrogens with zero attached hydrogens (tertiary/aromatic N) is 3. The Morgan fingerprint density at radius 2 is 1.94 bits per heavy atom. The van der Waals surface area contributed by atoms with Crippen LogP contribution in [0.25, 0.3) is 0 Å². The Hall–Kier alpha value is -2.64. The molecule has 0 unspecified atom stereocenters. The molecule has 1 atom stereocenters. The van der Waals surface area contributed by atoms with Gasteiger partial charge < -0.3 is 15.0 Å². The van der Waals surface area contributed by atoms with Gasteiger partial charge >= 0.3 is 6.09 Å². The number of halogens is 1. The average molecular weight is 445 g/mol. The van der Waals surface area contributed by atoms with Gasteiger partial charge in [-0.3, -0.25) is 14.7 Å². The van der Waals surface area contributed by atoms with E-state index in [0.29, 0.717) is 31.2 Å². The maximum absolute atomic E-state index is 12.6. The van der Waals surface area contributed by atoms with Crippen LogP contribution in [-0.2, 0) is 16.1 Å². The topological polar surface area (TPSA) is 74.8 Å². The summed E-state index contributed by atoms with van der Waals surface area (Å²) in [6.07, 6.45) is 3.11. The van der Waals surface area contributed by atoms with Crippen LogP contribution < -0.4 is 5.32 Å². The van der Waals surface area contributed by atoms with E-state index in [1.54, 1.807) is 23.4 Å². The molecule has 2 amide bonds. The van der Waals surface area contributed by atoms with Crippen molar-refractivity contribution in [3.8, 4) is 0 Å². The highest BCUT2D eigenvalue weighted by molar-refractivity contribution is 6.30. The molecule has 0 saturated carbocycles. The van der Waals surface area contributed by atoms with Gasteiger partial charge in [0, 0.05) is 43.6 Å². The molecule has 166 valence electrons. The zero-order chi connectivity index (χ0) is 22.4. The van der Waals surface area contributed by atoms with Gasteiger partial charge in [0.15, 0.2) is 0 Å². The van der Waals surface area contributed by atoms with E-state index in [2.05, 4.69) is 15.2 Å². The average Bonchev–Trinajstić information content (AvgIpc) is 2.72. The van der Waals surface area contributed by atoms with Gasteiger partial charge in [0.25, 0.3) is 0 Å². The summed E-state index contributed by atoms with van der Waals surface area (Å²) in [7, 11) is 0. The van der Waals surface area contributed by atoms with Crippen molar-refractivity contribution >= 4 is 23.6 Å². The maximum Gasteiger partial charge on any atom is 0.410 e. The molecule has 31 heavy (non-hydrogen) atoms. The molecule has 7 nitrogen and oxygen atoms in total. The first-order valence-corrected chi connectivity index (χ1v) is 10.7. The van der Waals surface area contributed by atoms with Crippen LogP contribution in [0.5, 0.6) is 0 Å². The summed E-state index contributed by atoms with van der Waals surface area (Å²) in [5.41, 5.74) is 1.40. The molecule has 1 saturated heterocycles. The molecule has 2 aromatic rings. The SMILES string of the molecule is CC(C)(C)OC(=O)N1CCN(CC(=O)NCc2cccc(Cl)c2)[C@H](c2ccncc2)C1. The Morgan fingerprint density at radius 1 is 1.19 bits per heavy atom. The quantitative estimate of drug-likeness (QED) is 0.761. The number of carbonyl (C=O) groups excluding carboxylic acids is 2. The molecule has 8 heteroatoms. The molecule has 0 aliphatic carbocycles. The molecule has 1 N–H and O–H groups in total. The number of carbonyl (C=O) groups is 2. The van der Waals surface area contributed by atoms with Gasteiger partial charge in [0.05, 0.1) is 12.6 Å². The Bertz CT molecular complexity index is 901. The summed E-state index contributed by atoms with van der Waals surface area (Å²) in [5.74, 6) is -0.0789. The smallest absolute Gasteiger partial charge is 0.410 e. The number of pyridine rings is 1. The van der Waals surface area contributed by atoms with Gasteiger partial charge in [-0.05, 0) is 56.2 Å². The van der Waals surface area contributed by atoms with Crippen LogP contribution in [0, 0.1) is 0 Å². The molecule has 0 bridgehead atoms. The van der Waals surface area contributed by atoms with Crippen molar-refractivity contribution in [3.05, 3.63) is 64.9 Å². The highest BCUT2D eigenvalue weighted by atomic mass is 35.5. The number of amides is 2. The third kappa shape index (κ3) is 6.94. The first-order valence-electron chi connectivity index (χ1n) is 10.3. The fourth-order valence-corrected chi connectivity index (χ4v) is 3.70. The van der Waals surface area contributed by atoms with Crippen molar-refractivity contribution < 1.29 is 14.3 Å². The fourth-order valence-electron chi connectivity index (χ4n) is 3.49. The minimum atomic E-state index is -0.555. The van der Waals surface area contributed by atoms with Gasteiger partial charge in [-0.2, -0.15) is 0 Å². The first-order chi connectivity index (χ1) is 14.7. The maximum atomic E-state index is 12.6. The van der Waals surface area contributed by atoms with Crippen molar-refractivity contribution in [2.24, 2.45) is 0 Å². The van der Waals surface area contributed by atoms with Gasteiger partial charge in [-0.15, -0.1) is 0 Å². The van der Waals surface area contributed by atoms with Crippen LogP contribution in [-0.4, -0.2) is 58.6 Å². The number of ether oxygens (including phenoxy) is 1. The van der Waals surface area contributed by atoms with Crippen molar-refractivity contribution in [3.63, 3.8) is 0 Å². The van der Waals surface area contributed by atoms with Gasteiger partial charge in [0.1, 0.15) is 5.60 Å². The molecular weight excluding hydrogens is 416 g/mol. The first kappa shape index (κ1) is 23.0. The Balaban J connectivity index is 1.65. The zero-order valence-electron chi connectivity index (χ0n) is 18.2. The molecular formula is C23H29ClN4O3. The van der Waals surface area contributed by atoms with E-state index in [1.165, 1.54) is 0 Å². The summed E-state index contributed by atoms with van der Waals surface area (Å²) >= 11 is 6.01. The zero-order valence-corrected chi connectivity index (χ0v) is 18.9. The van der Waals surface area contributed by atoms with Gasteiger partial charge in [-0.1, -0.05) is 23.7 Å². The number of nitrogens with one attached hydrogen (secondary N) is 1. The van der Waals surface area contributed by atoms with E-state index in [9.17, 15) is 9.59 Å². The Labute approximate surface area is 188 Å². The van der Waals surface area contributed by atoms with Crippen molar-refractivity contribution in [2.45, 2.75) is 39.0 Å². The molecule has 0 spiro atoms. The fraction of sp³-hybridized carbons (Fsp3) is 0.435. The summed E-state index contributed by atoms with van der Waals surface area (Å²) < 4.78 is 5.54. The number of hydrogen-bond acceptors (Lipinski definition) is 5. The van der Waals surface area contributed by atoms with Crippen LogP contribution in [0.1, 0.15) is 37.9 Å². The molecule has 3 rings (SSSR count). The molecule has 1 aromatic heterocycles. The minimum Gasteiger partial charge on any atom is -0.444 e. The second-order valence-corrected chi connectivity index (χ2v) is 9.04. The summed E-state index contributed by atoms with van der Waals surface area (Å²) in [5, 5.41) is 3.60. The third-order valence-electron chi connectivity index (χ3n) is 4.96. The molecule has 1 aromatic carbocycles. The highest BCUT2D eigenvalue weighted by Gasteiger charge is 2.33. The highest BCUT2D eigenvalue weighted by Crippen LogP contribution is 2.26.